The third-order valence-electron chi connectivity index (χ3n) is 4.99. The second-order valence-corrected chi connectivity index (χ2v) is 7.27. The van der Waals surface area contributed by atoms with Gasteiger partial charge in [0.05, 0.1) is 12.8 Å². The molecule has 1 N–H and O–H groups in total. The van der Waals surface area contributed by atoms with E-state index in [0.29, 0.717) is 37.9 Å². The standard InChI is InChI=1S/C22H30N4O3/c1-17(2)18-7-4-5-8-19(18)29-16-10-24-22(23-3)26-13-11-25(12-14-26)21(27)20-9-6-15-28-20/h4-9,15,17H,10-14,16H2,1-3H3,(H,23,24). The van der Waals surface area contributed by atoms with Crippen molar-refractivity contribution >= 4 is 11.9 Å². The van der Waals surface area contributed by atoms with E-state index in [1.54, 1.807) is 19.2 Å². The van der Waals surface area contributed by atoms with Gasteiger partial charge in [0, 0.05) is 33.2 Å². The molecule has 7 nitrogen and oxygen atoms in total. The first-order chi connectivity index (χ1) is 14.1. The smallest absolute Gasteiger partial charge is 0.289 e. The number of para-hydroxylation sites is 1. The molecule has 7 heteroatoms. The summed E-state index contributed by atoms with van der Waals surface area (Å²) in [6.07, 6.45) is 1.52. The zero-order valence-corrected chi connectivity index (χ0v) is 17.4. The van der Waals surface area contributed by atoms with Crippen LogP contribution in [0.25, 0.3) is 0 Å². The summed E-state index contributed by atoms with van der Waals surface area (Å²) in [4.78, 5) is 20.7. The number of nitrogens with one attached hydrogen (secondary N) is 1. The van der Waals surface area contributed by atoms with E-state index in [1.807, 2.05) is 23.1 Å². The minimum absolute atomic E-state index is 0.0604. The van der Waals surface area contributed by atoms with Crippen molar-refractivity contribution in [3.63, 3.8) is 0 Å². The number of rotatable bonds is 6. The van der Waals surface area contributed by atoms with Crippen molar-refractivity contribution in [1.29, 1.82) is 0 Å². The lowest BCUT2D eigenvalue weighted by Gasteiger charge is -2.36. The Morgan fingerprint density at radius 1 is 1.14 bits per heavy atom. The average Bonchev–Trinajstić information content (AvgIpc) is 3.28. The fourth-order valence-corrected chi connectivity index (χ4v) is 3.42. The molecule has 0 saturated carbocycles. The fraction of sp³-hybridized carbons (Fsp3) is 0.455. The highest BCUT2D eigenvalue weighted by Crippen LogP contribution is 2.25. The van der Waals surface area contributed by atoms with Gasteiger partial charge in [0.15, 0.2) is 11.7 Å². The number of hydrogen-bond acceptors (Lipinski definition) is 4. The van der Waals surface area contributed by atoms with Crippen molar-refractivity contribution in [2.45, 2.75) is 19.8 Å². The van der Waals surface area contributed by atoms with Crippen LogP contribution >= 0.6 is 0 Å². The molecule has 1 aromatic carbocycles. The molecule has 0 spiro atoms. The van der Waals surface area contributed by atoms with Crippen LogP contribution in [0.2, 0.25) is 0 Å². The summed E-state index contributed by atoms with van der Waals surface area (Å²) in [5, 5.41) is 3.36. The largest absolute Gasteiger partial charge is 0.491 e. The normalized spacial score (nSPS) is 15.0. The van der Waals surface area contributed by atoms with Crippen molar-refractivity contribution in [3.8, 4) is 5.75 Å². The summed E-state index contributed by atoms with van der Waals surface area (Å²) in [7, 11) is 1.78. The Morgan fingerprint density at radius 2 is 1.86 bits per heavy atom. The highest BCUT2D eigenvalue weighted by molar-refractivity contribution is 5.91. The number of piperazine rings is 1. The Hall–Kier alpha value is -2.96. The van der Waals surface area contributed by atoms with Crippen LogP contribution in [0, 0.1) is 0 Å². The maximum absolute atomic E-state index is 12.4. The number of amides is 1. The first kappa shape index (κ1) is 20.8. The van der Waals surface area contributed by atoms with Gasteiger partial charge < -0.3 is 24.3 Å². The Morgan fingerprint density at radius 3 is 2.52 bits per heavy atom. The van der Waals surface area contributed by atoms with Gasteiger partial charge in [-0.15, -0.1) is 0 Å². The minimum atomic E-state index is -0.0604. The highest BCUT2D eigenvalue weighted by Gasteiger charge is 2.25. The van der Waals surface area contributed by atoms with Crippen molar-refractivity contribution in [3.05, 3.63) is 54.0 Å². The SMILES string of the molecule is CN=C(NCCOc1ccccc1C(C)C)N1CCN(C(=O)c2ccco2)CC1. The summed E-state index contributed by atoms with van der Waals surface area (Å²) in [6.45, 7) is 8.27. The highest BCUT2D eigenvalue weighted by atomic mass is 16.5. The molecular weight excluding hydrogens is 368 g/mol. The molecule has 29 heavy (non-hydrogen) atoms. The number of ether oxygens (including phenoxy) is 1. The lowest BCUT2D eigenvalue weighted by atomic mass is 10.0. The molecule has 0 atom stereocenters. The second kappa shape index (κ2) is 10.0. The number of aliphatic imine (C=N–C) groups is 1. The van der Waals surface area contributed by atoms with Gasteiger partial charge in [-0.05, 0) is 29.7 Å². The van der Waals surface area contributed by atoms with Crippen LogP contribution < -0.4 is 10.1 Å². The summed E-state index contributed by atoms with van der Waals surface area (Å²) >= 11 is 0. The molecule has 1 fully saturated rings. The van der Waals surface area contributed by atoms with Crippen molar-refractivity contribution in [2.24, 2.45) is 4.99 Å². The van der Waals surface area contributed by atoms with Gasteiger partial charge >= 0.3 is 0 Å². The van der Waals surface area contributed by atoms with Crippen LogP contribution in [-0.4, -0.2) is 68.0 Å². The molecule has 1 aromatic heterocycles. The van der Waals surface area contributed by atoms with Crippen LogP contribution in [0.15, 0.2) is 52.1 Å². The van der Waals surface area contributed by atoms with Crippen LogP contribution in [0.3, 0.4) is 0 Å². The molecule has 1 amide bonds. The number of carbonyl (C=O) groups excluding carboxylic acids is 1. The Labute approximate surface area is 172 Å². The quantitative estimate of drug-likeness (QED) is 0.460. The predicted molar refractivity (Wildman–Crippen MR) is 114 cm³/mol. The van der Waals surface area contributed by atoms with Crippen LogP contribution in [-0.2, 0) is 0 Å². The van der Waals surface area contributed by atoms with Gasteiger partial charge in [-0.1, -0.05) is 32.0 Å². The summed E-state index contributed by atoms with van der Waals surface area (Å²) in [6, 6.07) is 11.6. The zero-order chi connectivity index (χ0) is 20.6. The molecule has 2 heterocycles. The Balaban J connectivity index is 1.44. The Bertz CT molecular complexity index is 809. The minimum Gasteiger partial charge on any atom is -0.491 e. The van der Waals surface area contributed by atoms with E-state index < -0.39 is 0 Å². The van der Waals surface area contributed by atoms with Crippen molar-refractivity contribution in [1.82, 2.24) is 15.1 Å². The number of guanidine groups is 1. The van der Waals surface area contributed by atoms with Gasteiger partial charge in [-0.3, -0.25) is 9.79 Å². The predicted octanol–water partition coefficient (Wildman–Crippen LogP) is 2.82. The lowest BCUT2D eigenvalue weighted by molar-refractivity contribution is 0.0657. The molecule has 156 valence electrons. The number of benzene rings is 1. The monoisotopic (exact) mass is 398 g/mol. The van der Waals surface area contributed by atoms with Gasteiger partial charge in [0.2, 0.25) is 0 Å². The van der Waals surface area contributed by atoms with Gasteiger partial charge in [0.25, 0.3) is 5.91 Å². The molecule has 1 aliphatic rings. The topological polar surface area (TPSA) is 70.3 Å². The first-order valence-electron chi connectivity index (χ1n) is 10.1. The maximum Gasteiger partial charge on any atom is 0.289 e. The molecule has 0 aliphatic carbocycles. The third kappa shape index (κ3) is 5.31. The van der Waals surface area contributed by atoms with E-state index in [1.165, 1.54) is 11.8 Å². The molecular formula is C22H30N4O3. The van der Waals surface area contributed by atoms with Crippen molar-refractivity contribution < 1.29 is 13.9 Å². The fourth-order valence-electron chi connectivity index (χ4n) is 3.42. The van der Waals surface area contributed by atoms with E-state index in [4.69, 9.17) is 9.15 Å². The zero-order valence-electron chi connectivity index (χ0n) is 17.4. The van der Waals surface area contributed by atoms with E-state index in [-0.39, 0.29) is 5.91 Å². The molecule has 2 aromatic rings. The van der Waals surface area contributed by atoms with E-state index in [9.17, 15) is 4.79 Å². The van der Waals surface area contributed by atoms with E-state index in [0.717, 1.165) is 24.8 Å². The van der Waals surface area contributed by atoms with E-state index >= 15 is 0 Å². The average molecular weight is 399 g/mol. The summed E-state index contributed by atoms with van der Waals surface area (Å²) in [5.74, 6) is 2.52. The van der Waals surface area contributed by atoms with Crippen molar-refractivity contribution in [2.75, 3.05) is 46.4 Å². The number of carbonyl (C=O) groups is 1. The second-order valence-electron chi connectivity index (χ2n) is 7.27. The summed E-state index contributed by atoms with van der Waals surface area (Å²) in [5.41, 5.74) is 1.22. The summed E-state index contributed by atoms with van der Waals surface area (Å²) < 4.78 is 11.2. The molecule has 1 aliphatic heterocycles. The molecule has 0 bridgehead atoms. The lowest BCUT2D eigenvalue weighted by Crippen LogP contribution is -2.54. The molecule has 1 saturated heterocycles. The first-order valence-corrected chi connectivity index (χ1v) is 10.1. The number of hydrogen-bond donors (Lipinski definition) is 1. The van der Waals surface area contributed by atoms with Crippen LogP contribution in [0.1, 0.15) is 35.9 Å². The van der Waals surface area contributed by atoms with Crippen LogP contribution in [0.4, 0.5) is 0 Å². The molecule has 0 unspecified atom stereocenters. The number of furan rings is 1. The van der Waals surface area contributed by atoms with Gasteiger partial charge in [-0.25, -0.2) is 0 Å². The molecule has 3 rings (SSSR count). The Kier molecular flexibility index (Phi) is 7.16. The third-order valence-corrected chi connectivity index (χ3v) is 4.99. The van der Waals surface area contributed by atoms with Gasteiger partial charge in [0.1, 0.15) is 12.4 Å². The van der Waals surface area contributed by atoms with Gasteiger partial charge in [-0.2, -0.15) is 0 Å². The number of nitrogens with zero attached hydrogens (tertiary/aromatic N) is 3. The maximum atomic E-state index is 12.4. The van der Waals surface area contributed by atoms with E-state index in [2.05, 4.69) is 35.1 Å². The molecule has 0 radical (unpaired) electrons. The van der Waals surface area contributed by atoms with Crippen LogP contribution in [0.5, 0.6) is 5.75 Å².